The van der Waals surface area contributed by atoms with Crippen molar-refractivity contribution in [1.82, 2.24) is 4.90 Å². The SMILES string of the molecule is CCCCC(CC)COC(=O)/C(C#N)=C1\C=C(N(C)C(C)CC)CC(C)(C)C1. The fourth-order valence-electron chi connectivity index (χ4n) is 3.73. The van der Waals surface area contributed by atoms with Crippen LogP contribution >= 0.6 is 0 Å². The van der Waals surface area contributed by atoms with Crippen LogP contribution in [0.4, 0.5) is 0 Å². The average molecular weight is 389 g/mol. The molecule has 158 valence electrons. The lowest BCUT2D eigenvalue weighted by molar-refractivity contribution is -0.140. The zero-order valence-electron chi connectivity index (χ0n) is 19.1. The number of ether oxygens (including phenoxy) is 1. The molecule has 0 aromatic carbocycles. The molecule has 0 heterocycles. The molecule has 2 unspecified atom stereocenters. The monoisotopic (exact) mass is 388 g/mol. The molecule has 0 saturated carbocycles. The normalized spacial score (nSPS) is 19.9. The van der Waals surface area contributed by atoms with Crippen molar-refractivity contribution < 1.29 is 9.53 Å². The highest BCUT2D eigenvalue weighted by Crippen LogP contribution is 2.40. The third-order valence-corrected chi connectivity index (χ3v) is 6.00. The van der Waals surface area contributed by atoms with Crippen molar-refractivity contribution in [3.63, 3.8) is 0 Å². The molecule has 2 atom stereocenters. The maximum absolute atomic E-state index is 12.7. The first kappa shape index (κ1) is 24.3. The van der Waals surface area contributed by atoms with Gasteiger partial charge >= 0.3 is 5.97 Å². The molecular weight excluding hydrogens is 348 g/mol. The number of esters is 1. The fourth-order valence-corrected chi connectivity index (χ4v) is 3.73. The van der Waals surface area contributed by atoms with Crippen molar-refractivity contribution in [3.05, 3.63) is 22.9 Å². The highest BCUT2D eigenvalue weighted by atomic mass is 16.5. The number of carbonyl (C=O) groups excluding carboxylic acids is 1. The minimum Gasteiger partial charge on any atom is -0.461 e. The standard InChI is InChI=1S/C24H40N2O2/c1-8-11-12-19(10-3)17-28-23(27)22(16-25)20-13-21(15-24(5,6)14-20)26(7)18(4)9-2/h13,18-19H,8-12,14-15,17H2,1-7H3/b22-20+. The van der Waals surface area contributed by atoms with Crippen LogP contribution < -0.4 is 0 Å². The summed E-state index contributed by atoms with van der Waals surface area (Å²) < 4.78 is 5.57. The number of carbonyl (C=O) groups is 1. The Bertz CT molecular complexity index is 625. The Kier molecular flexibility index (Phi) is 9.79. The third kappa shape index (κ3) is 7.00. The summed E-state index contributed by atoms with van der Waals surface area (Å²) in [6.45, 7) is 13.5. The predicted octanol–water partition coefficient (Wildman–Crippen LogP) is 6.00. The zero-order chi connectivity index (χ0) is 21.3. The third-order valence-electron chi connectivity index (χ3n) is 6.00. The maximum atomic E-state index is 12.7. The second kappa shape index (κ2) is 11.3. The summed E-state index contributed by atoms with van der Waals surface area (Å²) in [6, 6.07) is 2.56. The van der Waals surface area contributed by atoms with Gasteiger partial charge in [-0.3, -0.25) is 0 Å². The summed E-state index contributed by atoms with van der Waals surface area (Å²) in [5.74, 6) is -0.0915. The summed E-state index contributed by atoms with van der Waals surface area (Å²) in [7, 11) is 2.10. The van der Waals surface area contributed by atoms with Crippen LogP contribution in [0, 0.1) is 22.7 Å². The first-order valence-corrected chi connectivity index (χ1v) is 10.9. The lowest BCUT2D eigenvalue weighted by Gasteiger charge is -2.38. The Labute approximate surface area is 172 Å². The van der Waals surface area contributed by atoms with E-state index in [4.69, 9.17) is 4.74 Å². The Hall–Kier alpha value is -1.76. The Morgan fingerprint density at radius 3 is 2.50 bits per heavy atom. The van der Waals surface area contributed by atoms with Crippen LogP contribution in [0.3, 0.4) is 0 Å². The van der Waals surface area contributed by atoms with Gasteiger partial charge in [0.25, 0.3) is 0 Å². The second-order valence-corrected chi connectivity index (χ2v) is 9.05. The van der Waals surface area contributed by atoms with Crippen molar-refractivity contribution in [3.8, 4) is 6.07 Å². The minimum absolute atomic E-state index is 0.0105. The first-order chi connectivity index (χ1) is 13.2. The minimum atomic E-state index is -0.466. The summed E-state index contributed by atoms with van der Waals surface area (Å²) in [5, 5.41) is 9.71. The Morgan fingerprint density at radius 2 is 1.96 bits per heavy atom. The van der Waals surface area contributed by atoms with E-state index in [1.165, 1.54) is 5.70 Å². The molecule has 0 bridgehead atoms. The van der Waals surface area contributed by atoms with E-state index in [1.807, 2.05) is 6.08 Å². The number of unbranched alkanes of at least 4 members (excludes halogenated alkanes) is 1. The van der Waals surface area contributed by atoms with Gasteiger partial charge in [0.05, 0.1) is 6.61 Å². The summed E-state index contributed by atoms with van der Waals surface area (Å²) >= 11 is 0. The van der Waals surface area contributed by atoms with Crippen LogP contribution in [0.25, 0.3) is 0 Å². The molecule has 0 spiro atoms. The fraction of sp³-hybridized carbons (Fsp3) is 0.750. The van der Waals surface area contributed by atoms with Gasteiger partial charge < -0.3 is 9.64 Å². The molecule has 0 aliphatic heterocycles. The molecule has 0 radical (unpaired) electrons. The van der Waals surface area contributed by atoms with Crippen molar-refractivity contribution >= 4 is 5.97 Å². The lowest BCUT2D eigenvalue weighted by atomic mass is 9.75. The molecule has 0 saturated heterocycles. The van der Waals surface area contributed by atoms with Gasteiger partial charge in [-0.2, -0.15) is 5.26 Å². The number of nitrogens with zero attached hydrogens (tertiary/aromatic N) is 2. The van der Waals surface area contributed by atoms with Gasteiger partial charge in [-0.05, 0) is 55.6 Å². The molecule has 0 amide bonds. The Morgan fingerprint density at radius 1 is 1.29 bits per heavy atom. The second-order valence-electron chi connectivity index (χ2n) is 9.05. The van der Waals surface area contributed by atoms with E-state index < -0.39 is 5.97 Å². The van der Waals surface area contributed by atoms with Crippen LogP contribution in [-0.2, 0) is 9.53 Å². The number of hydrogen-bond donors (Lipinski definition) is 0. The maximum Gasteiger partial charge on any atom is 0.349 e. The van der Waals surface area contributed by atoms with E-state index in [0.29, 0.717) is 18.6 Å². The largest absolute Gasteiger partial charge is 0.461 e. The highest BCUT2D eigenvalue weighted by molar-refractivity contribution is 5.94. The van der Waals surface area contributed by atoms with E-state index in [1.54, 1.807) is 0 Å². The first-order valence-electron chi connectivity index (χ1n) is 10.9. The van der Waals surface area contributed by atoms with E-state index in [-0.39, 0.29) is 11.0 Å². The van der Waals surface area contributed by atoms with Gasteiger partial charge in [-0.25, -0.2) is 4.79 Å². The lowest BCUT2D eigenvalue weighted by Crippen LogP contribution is -2.32. The molecule has 1 rings (SSSR count). The van der Waals surface area contributed by atoms with Crippen LogP contribution in [-0.4, -0.2) is 30.6 Å². The molecule has 1 aliphatic carbocycles. The summed E-state index contributed by atoms with van der Waals surface area (Å²) in [4.78, 5) is 15.0. The summed E-state index contributed by atoms with van der Waals surface area (Å²) in [6.07, 6.45) is 9.10. The molecule has 1 aliphatic rings. The molecule has 28 heavy (non-hydrogen) atoms. The van der Waals surface area contributed by atoms with Crippen LogP contribution in [0.15, 0.2) is 22.9 Å². The summed E-state index contributed by atoms with van der Waals surface area (Å²) in [5.41, 5.74) is 2.19. The van der Waals surface area contributed by atoms with Crippen LogP contribution in [0.1, 0.15) is 86.5 Å². The van der Waals surface area contributed by atoms with Crippen LogP contribution in [0.2, 0.25) is 0 Å². The molecule has 0 aromatic rings. The average Bonchev–Trinajstić information content (AvgIpc) is 2.66. The number of hydrogen-bond acceptors (Lipinski definition) is 4. The van der Waals surface area contributed by atoms with Gasteiger partial charge in [0, 0.05) is 18.8 Å². The van der Waals surface area contributed by atoms with Crippen LogP contribution in [0.5, 0.6) is 0 Å². The van der Waals surface area contributed by atoms with E-state index in [2.05, 4.69) is 59.6 Å². The van der Waals surface area contributed by atoms with Crippen molar-refractivity contribution in [1.29, 1.82) is 5.26 Å². The number of nitriles is 1. The van der Waals surface area contributed by atoms with Gasteiger partial charge in [-0.15, -0.1) is 0 Å². The van der Waals surface area contributed by atoms with E-state index in [0.717, 1.165) is 50.5 Å². The van der Waals surface area contributed by atoms with Gasteiger partial charge in [0.1, 0.15) is 11.6 Å². The van der Waals surface area contributed by atoms with Gasteiger partial charge in [-0.1, -0.05) is 53.9 Å². The molecular formula is C24H40N2O2. The number of allylic oxidation sites excluding steroid dienone is 3. The van der Waals surface area contributed by atoms with E-state index in [9.17, 15) is 10.1 Å². The van der Waals surface area contributed by atoms with Gasteiger partial charge in [0.2, 0.25) is 0 Å². The zero-order valence-corrected chi connectivity index (χ0v) is 19.1. The molecule has 4 heteroatoms. The van der Waals surface area contributed by atoms with Crippen molar-refractivity contribution in [2.45, 2.75) is 92.5 Å². The van der Waals surface area contributed by atoms with E-state index >= 15 is 0 Å². The molecule has 0 N–H and O–H groups in total. The number of rotatable bonds is 10. The molecule has 4 nitrogen and oxygen atoms in total. The Balaban J connectivity index is 3.06. The predicted molar refractivity (Wildman–Crippen MR) is 116 cm³/mol. The smallest absolute Gasteiger partial charge is 0.349 e. The quantitative estimate of drug-likeness (QED) is 0.262. The topological polar surface area (TPSA) is 53.3 Å². The molecule has 0 fully saturated rings. The molecule has 0 aromatic heterocycles. The van der Waals surface area contributed by atoms with Gasteiger partial charge in [0.15, 0.2) is 0 Å². The highest BCUT2D eigenvalue weighted by Gasteiger charge is 2.31. The van der Waals surface area contributed by atoms with Crippen molar-refractivity contribution in [2.24, 2.45) is 11.3 Å². The van der Waals surface area contributed by atoms with Crippen molar-refractivity contribution in [2.75, 3.05) is 13.7 Å².